The average Bonchev–Trinajstić information content (AvgIpc) is 2.88. The predicted molar refractivity (Wildman–Crippen MR) is 78.9 cm³/mol. The standard InChI is InChI=1S/C13H19N3O4S/c1-2-8-5-6-21-10(8)7-15-13(20)16-9(12(18)19)3-4-11(14)17/h5-6,9H,2-4,7H2,1H3,(H2,14,17)(H,18,19)(H2,15,16,20)/t9-/m1/s1. The monoisotopic (exact) mass is 313 g/mol. The van der Waals surface area contributed by atoms with Gasteiger partial charge in [-0.1, -0.05) is 6.92 Å². The van der Waals surface area contributed by atoms with E-state index in [1.54, 1.807) is 0 Å². The highest BCUT2D eigenvalue weighted by Gasteiger charge is 2.20. The van der Waals surface area contributed by atoms with E-state index in [4.69, 9.17) is 10.8 Å². The summed E-state index contributed by atoms with van der Waals surface area (Å²) in [7, 11) is 0. The Labute approximate surface area is 126 Å². The van der Waals surface area contributed by atoms with E-state index in [1.807, 2.05) is 18.4 Å². The molecular weight excluding hydrogens is 294 g/mol. The molecule has 0 spiro atoms. The molecule has 1 aromatic rings. The Balaban J connectivity index is 2.46. The van der Waals surface area contributed by atoms with E-state index < -0.39 is 23.9 Å². The van der Waals surface area contributed by atoms with E-state index >= 15 is 0 Å². The van der Waals surface area contributed by atoms with Crippen molar-refractivity contribution in [3.05, 3.63) is 21.9 Å². The van der Waals surface area contributed by atoms with Crippen molar-refractivity contribution in [2.45, 2.75) is 38.8 Å². The number of nitrogens with one attached hydrogen (secondary N) is 2. The van der Waals surface area contributed by atoms with Crippen LogP contribution in [0.5, 0.6) is 0 Å². The van der Waals surface area contributed by atoms with E-state index in [9.17, 15) is 14.4 Å². The second kappa shape index (κ2) is 8.25. The molecule has 0 saturated carbocycles. The maximum absolute atomic E-state index is 11.7. The van der Waals surface area contributed by atoms with Crippen LogP contribution in [0.2, 0.25) is 0 Å². The molecule has 0 aliphatic rings. The zero-order valence-corrected chi connectivity index (χ0v) is 12.5. The number of carbonyl (C=O) groups excluding carboxylic acids is 2. The highest BCUT2D eigenvalue weighted by molar-refractivity contribution is 7.10. The fraction of sp³-hybridized carbons (Fsp3) is 0.462. The molecule has 1 heterocycles. The van der Waals surface area contributed by atoms with Crippen LogP contribution in [-0.2, 0) is 22.6 Å². The van der Waals surface area contributed by atoms with Gasteiger partial charge < -0.3 is 21.5 Å². The molecule has 0 unspecified atom stereocenters. The van der Waals surface area contributed by atoms with Crippen molar-refractivity contribution in [3.8, 4) is 0 Å². The number of nitrogens with two attached hydrogens (primary N) is 1. The van der Waals surface area contributed by atoms with Gasteiger partial charge in [0, 0.05) is 11.3 Å². The molecule has 5 N–H and O–H groups in total. The summed E-state index contributed by atoms with van der Waals surface area (Å²) in [4.78, 5) is 34.4. The Bertz CT molecular complexity index is 515. The van der Waals surface area contributed by atoms with Crippen LogP contribution in [0.3, 0.4) is 0 Å². The van der Waals surface area contributed by atoms with E-state index in [-0.39, 0.29) is 12.8 Å². The summed E-state index contributed by atoms with van der Waals surface area (Å²) in [6, 6.07) is 0.278. The van der Waals surface area contributed by atoms with Gasteiger partial charge in [-0.05, 0) is 29.9 Å². The lowest BCUT2D eigenvalue weighted by molar-refractivity contribution is -0.139. The van der Waals surface area contributed by atoms with Crippen LogP contribution in [0.1, 0.15) is 30.2 Å². The third-order valence-corrected chi connectivity index (χ3v) is 3.87. The van der Waals surface area contributed by atoms with Gasteiger partial charge in [-0.2, -0.15) is 0 Å². The number of urea groups is 1. The Kier molecular flexibility index (Phi) is 6.67. The van der Waals surface area contributed by atoms with Crippen LogP contribution in [0.15, 0.2) is 11.4 Å². The first kappa shape index (κ1) is 17.0. The second-order valence-corrected chi connectivity index (χ2v) is 5.45. The number of primary amides is 1. The number of hydrogen-bond donors (Lipinski definition) is 4. The van der Waals surface area contributed by atoms with Gasteiger partial charge in [-0.25, -0.2) is 9.59 Å². The van der Waals surface area contributed by atoms with Gasteiger partial charge >= 0.3 is 12.0 Å². The van der Waals surface area contributed by atoms with Crippen molar-refractivity contribution in [2.75, 3.05) is 0 Å². The number of carboxylic acid groups (broad SMARTS) is 1. The zero-order valence-electron chi connectivity index (χ0n) is 11.7. The van der Waals surface area contributed by atoms with Gasteiger partial charge in [0.05, 0.1) is 6.54 Å². The lowest BCUT2D eigenvalue weighted by Gasteiger charge is -2.14. The summed E-state index contributed by atoms with van der Waals surface area (Å²) in [5.74, 6) is -1.80. The maximum atomic E-state index is 11.7. The number of aryl methyl sites for hydroxylation is 1. The minimum absolute atomic E-state index is 0.0305. The van der Waals surface area contributed by atoms with E-state index in [0.29, 0.717) is 6.54 Å². The first-order chi connectivity index (χ1) is 9.93. The molecule has 0 aliphatic carbocycles. The van der Waals surface area contributed by atoms with Gasteiger partial charge in [-0.15, -0.1) is 11.3 Å². The van der Waals surface area contributed by atoms with Crippen LogP contribution >= 0.6 is 11.3 Å². The summed E-state index contributed by atoms with van der Waals surface area (Å²) < 4.78 is 0. The highest BCUT2D eigenvalue weighted by Crippen LogP contribution is 2.16. The van der Waals surface area contributed by atoms with E-state index in [2.05, 4.69) is 10.6 Å². The molecule has 1 rings (SSSR count). The molecule has 0 saturated heterocycles. The fourth-order valence-electron chi connectivity index (χ4n) is 1.75. The van der Waals surface area contributed by atoms with Gasteiger partial charge in [0.1, 0.15) is 6.04 Å². The van der Waals surface area contributed by atoms with Crippen LogP contribution in [0.25, 0.3) is 0 Å². The Hall–Kier alpha value is -2.09. The molecule has 0 fully saturated rings. The van der Waals surface area contributed by atoms with Gasteiger partial charge in [0.25, 0.3) is 0 Å². The summed E-state index contributed by atoms with van der Waals surface area (Å²) in [5, 5.41) is 15.9. The number of hydrogen-bond acceptors (Lipinski definition) is 4. The summed E-state index contributed by atoms with van der Waals surface area (Å²) in [6.07, 6.45) is 0.748. The van der Waals surface area contributed by atoms with Crippen molar-refractivity contribution >= 4 is 29.2 Å². The SMILES string of the molecule is CCc1ccsc1CNC(=O)N[C@H](CCC(N)=O)C(=O)O. The highest BCUT2D eigenvalue weighted by atomic mass is 32.1. The van der Waals surface area contributed by atoms with Crippen molar-refractivity contribution < 1.29 is 19.5 Å². The van der Waals surface area contributed by atoms with Crippen molar-refractivity contribution in [3.63, 3.8) is 0 Å². The molecule has 0 aliphatic heterocycles. The Morgan fingerprint density at radius 3 is 2.71 bits per heavy atom. The van der Waals surface area contributed by atoms with Crippen LogP contribution in [-0.4, -0.2) is 29.1 Å². The molecule has 8 heteroatoms. The first-order valence-electron chi connectivity index (χ1n) is 6.54. The van der Waals surface area contributed by atoms with Gasteiger partial charge in [0.15, 0.2) is 0 Å². The summed E-state index contributed by atoms with van der Waals surface area (Å²) >= 11 is 1.54. The fourth-order valence-corrected chi connectivity index (χ4v) is 2.67. The molecule has 116 valence electrons. The van der Waals surface area contributed by atoms with Crippen molar-refractivity contribution in [1.82, 2.24) is 10.6 Å². The minimum Gasteiger partial charge on any atom is -0.480 e. The average molecular weight is 313 g/mol. The smallest absolute Gasteiger partial charge is 0.326 e. The number of aliphatic carboxylic acids is 1. The van der Waals surface area contributed by atoms with E-state index in [0.717, 1.165) is 16.9 Å². The Morgan fingerprint density at radius 1 is 1.43 bits per heavy atom. The number of carboxylic acids is 1. The maximum Gasteiger partial charge on any atom is 0.326 e. The van der Waals surface area contributed by atoms with Gasteiger partial charge in [-0.3, -0.25) is 4.79 Å². The molecule has 3 amide bonds. The number of carbonyl (C=O) groups is 3. The minimum atomic E-state index is -1.20. The predicted octanol–water partition coefficient (Wildman–Crippen LogP) is 0.828. The van der Waals surface area contributed by atoms with Crippen LogP contribution in [0, 0.1) is 0 Å². The largest absolute Gasteiger partial charge is 0.480 e. The molecule has 7 nitrogen and oxygen atoms in total. The molecule has 0 aromatic carbocycles. The molecule has 21 heavy (non-hydrogen) atoms. The summed E-state index contributed by atoms with van der Waals surface area (Å²) in [6.45, 7) is 2.37. The Morgan fingerprint density at radius 2 is 2.14 bits per heavy atom. The van der Waals surface area contributed by atoms with Crippen molar-refractivity contribution in [1.29, 1.82) is 0 Å². The topological polar surface area (TPSA) is 122 Å². The quantitative estimate of drug-likeness (QED) is 0.568. The van der Waals surface area contributed by atoms with Gasteiger partial charge in [0.2, 0.25) is 5.91 Å². The third-order valence-electron chi connectivity index (χ3n) is 2.91. The van der Waals surface area contributed by atoms with E-state index in [1.165, 1.54) is 11.3 Å². The normalized spacial score (nSPS) is 11.7. The van der Waals surface area contributed by atoms with Crippen molar-refractivity contribution in [2.24, 2.45) is 5.73 Å². The molecule has 0 bridgehead atoms. The first-order valence-corrected chi connectivity index (χ1v) is 7.42. The summed E-state index contributed by atoms with van der Waals surface area (Å²) in [5.41, 5.74) is 6.12. The number of rotatable bonds is 8. The molecule has 0 radical (unpaired) electrons. The van der Waals surface area contributed by atoms with Crippen LogP contribution < -0.4 is 16.4 Å². The number of amides is 3. The lowest BCUT2D eigenvalue weighted by Crippen LogP contribution is -2.46. The van der Waals surface area contributed by atoms with Crippen LogP contribution in [0.4, 0.5) is 4.79 Å². The second-order valence-electron chi connectivity index (χ2n) is 4.45. The zero-order chi connectivity index (χ0) is 15.8. The number of thiophene rings is 1. The molecular formula is C13H19N3O4S. The molecule has 1 atom stereocenters. The lowest BCUT2D eigenvalue weighted by atomic mass is 10.1. The molecule has 1 aromatic heterocycles. The third kappa shape index (κ3) is 5.82.